The predicted molar refractivity (Wildman–Crippen MR) is 85.3 cm³/mol. The minimum Gasteiger partial charge on any atom is -0.351 e. The van der Waals surface area contributed by atoms with E-state index in [1.165, 1.54) is 0 Å². The highest BCUT2D eigenvalue weighted by Crippen LogP contribution is 2.20. The van der Waals surface area contributed by atoms with Gasteiger partial charge in [0.2, 0.25) is 0 Å². The average molecular weight is 347 g/mol. The standard InChI is InChI=1S/C15H21BrClNO/c1-4-11(5-2)14(16)9-18-15(19)12-6-10(3)7-13(17)8-12/h6-8,11,14H,4-5,9H2,1-3H3,(H,18,19). The molecule has 0 radical (unpaired) electrons. The fourth-order valence-electron chi connectivity index (χ4n) is 2.13. The van der Waals surface area contributed by atoms with Crippen LogP contribution in [0.2, 0.25) is 5.02 Å². The third-order valence-electron chi connectivity index (χ3n) is 3.32. The Morgan fingerprint density at radius 1 is 1.32 bits per heavy atom. The molecule has 1 N–H and O–H groups in total. The van der Waals surface area contributed by atoms with E-state index in [9.17, 15) is 4.79 Å². The fourth-order valence-corrected chi connectivity index (χ4v) is 3.33. The zero-order valence-electron chi connectivity index (χ0n) is 11.7. The van der Waals surface area contributed by atoms with Gasteiger partial charge in [0.25, 0.3) is 5.91 Å². The van der Waals surface area contributed by atoms with Crippen LogP contribution in [-0.2, 0) is 0 Å². The molecule has 1 aromatic carbocycles. The Kier molecular flexibility index (Phi) is 6.87. The van der Waals surface area contributed by atoms with Crippen LogP contribution in [0.3, 0.4) is 0 Å². The highest BCUT2D eigenvalue weighted by Gasteiger charge is 2.16. The third-order valence-corrected chi connectivity index (χ3v) is 4.61. The predicted octanol–water partition coefficient (Wildman–Crippen LogP) is 4.58. The number of amides is 1. The van der Waals surface area contributed by atoms with E-state index in [4.69, 9.17) is 11.6 Å². The second-order valence-corrected chi connectivity index (χ2v) is 6.43. The van der Waals surface area contributed by atoms with Crippen molar-refractivity contribution in [2.24, 2.45) is 5.92 Å². The van der Waals surface area contributed by atoms with Gasteiger partial charge in [-0.05, 0) is 36.6 Å². The van der Waals surface area contributed by atoms with Crippen molar-refractivity contribution in [3.8, 4) is 0 Å². The number of carbonyl (C=O) groups is 1. The van der Waals surface area contributed by atoms with E-state index in [2.05, 4.69) is 35.1 Å². The van der Waals surface area contributed by atoms with Gasteiger partial charge in [-0.1, -0.05) is 54.2 Å². The van der Waals surface area contributed by atoms with Crippen molar-refractivity contribution in [1.29, 1.82) is 0 Å². The summed E-state index contributed by atoms with van der Waals surface area (Å²) in [6.07, 6.45) is 2.22. The Labute approximate surface area is 129 Å². The van der Waals surface area contributed by atoms with Crippen LogP contribution in [0.5, 0.6) is 0 Å². The largest absolute Gasteiger partial charge is 0.351 e. The number of hydrogen-bond donors (Lipinski definition) is 1. The van der Waals surface area contributed by atoms with Gasteiger partial charge in [-0.3, -0.25) is 4.79 Å². The molecular weight excluding hydrogens is 326 g/mol. The number of benzene rings is 1. The van der Waals surface area contributed by atoms with Crippen LogP contribution in [-0.4, -0.2) is 17.3 Å². The lowest BCUT2D eigenvalue weighted by Crippen LogP contribution is -2.32. The van der Waals surface area contributed by atoms with Gasteiger partial charge in [0.1, 0.15) is 0 Å². The molecule has 0 aliphatic heterocycles. The van der Waals surface area contributed by atoms with Crippen LogP contribution >= 0.6 is 27.5 Å². The van der Waals surface area contributed by atoms with Gasteiger partial charge in [-0.15, -0.1) is 0 Å². The van der Waals surface area contributed by atoms with Crippen LogP contribution in [0.15, 0.2) is 18.2 Å². The molecule has 0 aliphatic rings. The molecule has 1 rings (SSSR count). The number of aryl methyl sites for hydroxylation is 1. The van der Waals surface area contributed by atoms with Gasteiger partial charge in [-0.25, -0.2) is 0 Å². The van der Waals surface area contributed by atoms with Gasteiger partial charge in [0.05, 0.1) is 0 Å². The molecule has 0 saturated carbocycles. The lowest BCUT2D eigenvalue weighted by atomic mass is 9.99. The molecular formula is C15H21BrClNO. The smallest absolute Gasteiger partial charge is 0.251 e. The first kappa shape index (κ1) is 16.5. The summed E-state index contributed by atoms with van der Waals surface area (Å²) in [6, 6.07) is 5.39. The molecule has 0 fully saturated rings. The number of rotatable bonds is 6. The Hall–Kier alpha value is -0.540. The Bertz CT molecular complexity index is 412. The lowest BCUT2D eigenvalue weighted by molar-refractivity contribution is 0.0952. The molecule has 0 heterocycles. The molecule has 0 bridgehead atoms. The van der Waals surface area contributed by atoms with Crippen molar-refractivity contribution < 1.29 is 4.79 Å². The first-order valence-electron chi connectivity index (χ1n) is 6.67. The van der Waals surface area contributed by atoms with Crippen LogP contribution in [0.1, 0.15) is 42.6 Å². The molecule has 0 saturated heterocycles. The van der Waals surface area contributed by atoms with Gasteiger partial charge >= 0.3 is 0 Å². The zero-order chi connectivity index (χ0) is 14.4. The lowest BCUT2D eigenvalue weighted by Gasteiger charge is -2.20. The number of carbonyl (C=O) groups excluding carboxylic acids is 1. The van der Waals surface area contributed by atoms with Gasteiger partial charge in [0, 0.05) is 22.0 Å². The average Bonchev–Trinajstić information content (AvgIpc) is 2.36. The van der Waals surface area contributed by atoms with E-state index < -0.39 is 0 Å². The Morgan fingerprint density at radius 2 is 1.95 bits per heavy atom. The number of halogens is 2. The van der Waals surface area contributed by atoms with Crippen molar-refractivity contribution in [2.75, 3.05) is 6.54 Å². The molecule has 106 valence electrons. The minimum atomic E-state index is -0.0685. The number of hydrogen-bond acceptors (Lipinski definition) is 1. The molecule has 2 nitrogen and oxygen atoms in total. The quantitative estimate of drug-likeness (QED) is 0.751. The van der Waals surface area contributed by atoms with E-state index in [1.54, 1.807) is 6.07 Å². The van der Waals surface area contributed by atoms with Crippen molar-refractivity contribution in [2.45, 2.75) is 38.4 Å². The molecule has 1 aromatic rings. The molecule has 0 aromatic heterocycles. The molecule has 0 aliphatic carbocycles. The molecule has 0 spiro atoms. The summed E-state index contributed by atoms with van der Waals surface area (Å²) in [7, 11) is 0. The molecule has 1 amide bonds. The van der Waals surface area contributed by atoms with Crippen LogP contribution in [0, 0.1) is 12.8 Å². The third kappa shape index (κ3) is 5.15. The van der Waals surface area contributed by atoms with Crippen molar-refractivity contribution in [1.82, 2.24) is 5.32 Å². The summed E-state index contributed by atoms with van der Waals surface area (Å²) in [5, 5.41) is 3.56. The molecule has 1 unspecified atom stereocenters. The van der Waals surface area contributed by atoms with E-state index in [-0.39, 0.29) is 5.91 Å². The minimum absolute atomic E-state index is 0.0685. The van der Waals surface area contributed by atoms with E-state index >= 15 is 0 Å². The SMILES string of the molecule is CCC(CC)C(Br)CNC(=O)c1cc(C)cc(Cl)c1. The van der Waals surface area contributed by atoms with Crippen LogP contribution < -0.4 is 5.32 Å². The second kappa shape index (κ2) is 7.91. The maximum atomic E-state index is 12.1. The second-order valence-electron chi connectivity index (χ2n) is 4.82. The van der Waals surface area contributed by atoms with Gasteiger partial charge in [0.15, 0.2) is 0 Å². The number of nitrogens with one attached hydrogen (secondary N) is 1. The fraction of sp³-hybridized carbons (Fsp3) is 0.533. The molecule has 4 heteroatoms. The van der Waals surface area contributed by atoms with Crippen molar-refractivity contribution in [3.63, 3.8) is 0 Å². The Balaban J connectivity index is 2.60. The zero-order valence-corrected chi connectivity index (χ0v) is 14.0. The highest BCUT2D eigenvalue weighted by molar-refractivity contribution is 9.09. The first-order chi connectivity index (χ1) is 8.97. The summed E-state index contributed by atoms with van der Waals surface area (Å²) in [4.78, 5) is 12.4. The van der Waals surface area contributed by atoms with E-state index in [1.807, 2.05) is 19.1 Å². The van der Waals surface area contributed by atoms with Gasteiger partial charge < -0.3 is 5.32 Å². The summed E-state index contributed by atoms with van der Waals surface area (Å²) in [5.41, 5.74) is 1.61. The summed E-state index contributed by atoms with van der Waals surface area (Å²) in [5.74, 6) is 0.516. The number of alkyl halides is 1. The van der Waals surface area contributed by atoms with Crippen LogP contribution in [0.25, 0.3) is 0 Å². The summed E-state index contributed by atoms with van der Waals surface area (Å²) < 4.78 is 0. The van der Waals surface area contributed by atoms with Crippen molar-refractivity contribution >= 4 is 33.4 Å². The normalized spacial score (nSPS) is 12.5. The van der Waals surface area contributed by atoms with Gasteiger partial charge in [-0.2, -0.15) is 0 Å². The van der Waals surface area contributed by atoms with Crippen LogP contribution in [0.4, 0.5) is 0 Å². The van der Waals surface area contributed by atoms with Crippen molar-refractivity contribution in [3.05, 3.63) is 34.3 Å². The maximum Gasteiger partial charge on any atom is 0.251 e. The molecule has 19 heavy (non-hydrogen) atoms. The molecule has 1 atom stereocenters. The summed E-state index contributed by atoms with van der Waals surface area (Å²) >= 11 is 9.62. The topological polar surface area (TPSA) is 29.1 Å². The highest BCUT2D eigenvalue weighted by atomic mass is 79.9. The Morgan fingerprint density at radius 3 is 2.47 bits per heavy atom. The summed E-state index contributed by atoms with van der Waals surface area (Å²) in [6.45, 7) is 6.91. The first-order valence-corrected chi connectivity index (χ1v) is 7.96. The van der Waals surface area contributed by atoms with E-state index in [0.717, 1.165) is 18.4 Å². The van der Waals surface area contributed by atoms with E-state index in [0.29, 0.717) is 27.9 Å². The maximum absolute atomic E-state index is 12.1. The monoisotopic (exact) mass is 345 g/mol.